The van der Waals surface area contributed by atoms with Crippen LogP contribution in [-0.4, -0.2) is 35.6 Å². The summed E-state index contributed by atoms with van der Waals surface area (Å²) in [5.74, 6) is -1.24. The largest absolute Gasteiger partial charge is 0.480 e. The van der Waals surface area contributed by atoms with Gasteiger partial charge in [0.05, 0.1) is 0 Å². The van der Waals surface area contributed by atoms with Crippen LogP contribution in [0.3, 0.4) is 0 Å². The maximum atomic E-state index is 12.7. The van der Waals surface area contributed by atoms with Crippen LogP contribution in [0.5, 0.6) is 0 Å². The fourth-order valence-corrected chi connectivity index (χ4v) is 5.88. The van der Waals surface area contributed by atoms with Crippen molar-refractivity contribution in [2.24, 2.45) is 0 Å². The minimum atomic E-state index is -1.02. The van der Waals surface area contributed by atoms with Gasteiger partial charge in [0.1, 0.15) is 12.6 Å². The second kappa shape index (κ2) is 36.7. The van der Waals surface area contributed by atoms with Crippen molar-refractivity contribution in [3.05, 3.63) is 24.3 Å². The summed E-state index contributed by atoms with van der Waals surface area (Å²) in [6.45, 7) is 4.18. The van der Waals surface area contributed by atoms with Gasteiger partial charge in [-0.05, 0) is 64.2 Å². The van der Waals surface area contributed by atoms with Crippen molar-refractivity contribution in [3.63, 3.8) is 0 Å². The minimum Gasteiger partial charge on any atom is -0.480 e. The van der Waals surface area contributed by atoms with Crippen molar-refractivity contribution in [2.75, 3.05) is 6.54 Å². The highest BCUT2D eigenvalue weighted by Gasteiger charge is 2.14. The number of esters is 1. The molecule has 0 aromatic rings. The Morgan fingerprint density at radius 2 is 1.00 bits per heavy atom. The topological polar surface area (TPSA) is 92.7 Å². The summed E-state index contributed by atoms with van der Waals surface area (Å²) in [4.78, 5) is 34.9. The molecule has 274 valence electrons. The first-order valence-corrected chi connectivity index (χ1v) is 20.0. The van der Waals surface area contributed by atoms with Crippen LogP contribution in [0.2, 0.25) is 0 Å². The summed E-state index contributed by atoms with van der Waals surface area (Å²) in [6, 6.07) is 0. The predicted molar refractivity (Wildman–Crippen MR) is 199 cm³/mol. The zero-order valence-corrected chi connectivity index (χ0v) is 30.9. The molecule has 47 heavy (non-hydrogen) atoms. The van der Waals surface area contributed by atoms with E-state index in [0.29, 0.717) is 12.8 Å². The molecular formula is C41H75NO5. The van der Waals surface area contributed by atoms with Gasteiger partial charge in [-0.15, -0.1) is 0 Å². The Balaban J connectivity index is 4.18. The van der Waals surface area contributed by atoms with E-state index < -0.39 is 5.97 Å². The lowest BCUT2D eigenvalue weighted by atomic mass is 10.0. The summed E-state index contributed by atoms with van der Waals surface area (Å²) >= 11 is 0. The van der Waals surface area contributed by atoms with Gasteiger partial charge in [0.15, 0.2) is 0 Å². The number of rotatable bonds is 36. The van der Waals surface area contributed by atoms with E-state index in [0.717, 1.165) is 77.0 Å². The molecule has 6 nitrogen and oxygen atoms in total. The summed E-state index contributed by atoms with van der Waals surface area (Å²) in [5, 5.41) is 11.1. The van der Waals surface area contributed by atoms with Gasteiger partial charge in [0.25, 0.3) is 0 Å². The molecule has 0 heterocycles. The molecule has 0 aliphatic rings. The van der Waals surface area contributed by atoms with E-state index in [1.807, 2.05) is 0 Å². The van der Waals surface area contributed by atoms with Gasteiger partial charge in [-0.3, -0.25) is 14.4 Å². The monoisotopic (exact) mass is 662 g/mol. The number of nitrogens with one attached hydrogen (secondary N) is 1. The fraction of sp³-hybridized carbons (Fsp3) is 0.829. The number of unbranched alkanes of at least 4 members (excludes halogenated alkanes) is 21. The zero-order chi connectivity index (χ0) is 34.5. The van der Waals surface area contributed by atoms with Gasteiger partial charge >= 0.3 is 11.9 Å². The van der Waals surface area contributed by atoms with Gasteiger partial charge in [-0.25, -0.2) is 0 Å². The number of aliphatic carboxylic acids is 1. The second-order valence-electron chi connectivity index (χ2n) is 13.5. The molecule has 0 rings (SSSR count). The Hall–Kier alpha value is -2.11. The molecule has 0 aliphatic heterocycles. The number of allylic oxidation sites excluding steroid dienone is 4. The number of hydrogen-bond donors (Lipinski definition) is 2. The standard InChI is InChI=1S/C41H75NO5/c1-3-5-7-9-11-13-15-16-17-19-21-23-28-32-36-41(46)47-38(33-29-25-22-20-18-14-12-10-8-6-4-2)34-30-26-24-27-31-35-39(43)42-37-40(44)45/h9,11,15-16,38H,3-8,10,12-14,17-37H2,1-2H3,(H,42,43)(H,44,45)/b11-9-,16-15-. The highest BCUT2D eigenvalue weighted by molar-refractivity contribution is 5.80. The van der Waals surface area contributed by atoms with Crippen LogP contribution in [0.1, 0.15) is 206 Å². The molecular weight excluding hydrogens is 586 g/mol. The van der Waals surface area contributed by atoms with Crippen molar-refractivity contribution in [1.29, 1.82) is 0 Å². The number of amides is 1. The van der Waals surface area contributed by atoms with E-state index in [1.165, 1.54) is 103 Å². The van der Waals surface area contributed by atoms with Crippen LogP contribution in [0.15, 0.2) is 24.3 Å². The second-order valence-corrected chi connectivity index (χ2v) is 13.5. The van der Waals surface area contributed by atoms with Gasteiger partial charge < -0.3 is 15.2 Å². The third-order valence-electron chi connectivity index (χ3n) is 8.88. The van der Waals surface area contributed by atoms with Crippen molar-refractivity contribution >= 4 is 17.8 Å². The van der Waals surface area contributed by atoms with E-state index in [4.69, 9.17) is 9.84 Å². The predicted octanol–water partition coefficient (Wildman–Crippen LogP) is 12.0. The summed E-state index contributed by atoms with van der Waals surface area (Å²) in [5.41, 5.74) is 0. The molecule has 2 N–H and O–H groups in total. The van der Waals surface area contributed by atoms with Crippen molar-refractivity contribution in [1.82, 2.24) is 5.32 Å². The average Bonchev–Trinajstić information content (AvgIpc) is 3.05. The number of hydrogen-bond acceptors (Lipinski definition) is 4. The Morgan fingerprint density at radius 1 is 0.553 bits per heavy atom. The summed E-state index contributed by atoms with van der Waals surface area (Å²) < 4.78 is 6.01. The summed E-state index contributed by atoms with van der Waals surface area (Å²) in [6.07, 6.45) is 42.9. The Morgan fingerprint density at radius 3 is 1.53 bits per heavy atom. The smallest absolute Gasteiger partial charge is 0.322 e. The number of carboxylic acids is 1. The van der Waals surface area contributed by atoms with Gasteiger partial charge in [-0.2, -0.15) is 0 Å². The highest BCUT2D eigenvalue weighted by atomic mass is 16.5. The quantitative estimate of drug-likeness (QED) is 0.0396. The Bertz CT molecular complexity index is 778. The molecule has 6 heteroatoms. The summed E-state index contributed by atoms with van der Waals surface area (Å²) in [7, 11) is 0. The molecule has 0 fully saturated rings. The molecule has 0 bridgehead atoms. The molecule has 0 aromatic carbocycles. The van der Waals surface area contributed by atoms with Crippen molar-refractivity contribution in [3.8, 4) is 0 Å². The van der Waals surface area contributed by atoms with Crippen molar-refractivity contribution in [2.45, 2.75) is 213 Å². The number of carbonyl (C=O) groups is 3. The normalized spacial score (nSPS) is 12.2. The first-order chi connectivity index (χ1) is 23.0. The zero-order valence-electron chi connectivity index (χ0n) is 30.9. The Labute approximate surface area is 290 Å². The molecule has 0 spiro atoms. The number of carboxylic acid groups (broad SMARTS) is 1. The van der Waals surface area contributed by atoms with Crippen LogP contribution in [0.4, 0.5) is 0 Å². The lowest BCUT2D eigenvalue weighted by Crippen LogP contribution is -2.28. The van der Waals surface area contributed by atoms with Crippen LogP contribution >= 0.6 is 0 Å². The van der Waals surface area contributed by atoms with Gasteiger partial charge in [-0.1, -0.05) is 154 Å². The molecule has 1 unspecified atom stereocenters. The number of carbonyl (C=O) groups excluding carboxylic acids is 2. The Kier molecular flexibility index (Phi) is 35.1. The molecule has 1 amide bonds. The maximum absolute atomic E-state index is 12.7. The minimum absolute atomic E-state index is 0.0242. The highest BCUT2D eigenvalue weighted by Crippen LogP contribution is 2.19. The van der Waals surface area contributed by atoms with E-state index in [2.05, 4.69) is 43.5 Å². The van der Waals surface area contributed by atoms with Crippen LogP contribution in [0.25, 0.3) is 0 Å². The third kappa shape index (κ3) is 36.6. The maximum Gasteiger partial charge on any atom is 0.322 e. The molecule has 0 saturated heterocycles. The third-order valence-corrected chi connectivity index (χ3v) is 8.88. The van der Waals surface area contributed by atoms with Gasteiger partial charge in [0.2, 0.25) is 5.91 Å². The SMILES string of the molecule is CCCC/C=C\C/C=C\CCCCCCCC(=O)OC(CCCCCCCCCCCCC)CCCCCCCC(=O)NCC(=O)O. The van der Waals surface area contributed by atoms with E-state index in [-0.39, 0.29) is 24.5 Å². The average molecular weight is 662 g/mol. The first-order valence-electron chi connectivity index (χ1n) is 20.0. The van der Waals surface area contributed by atoms with Crippen LogP contribution in [-0.2, 0) is 19.1 Å². The first kappa shape index (κ1) is 44.9. The molecule has 0 aromatic heterocycles. The molecule has 0 saturated carbocycles. The van der Waals surface area contributed by atoms with Crippen LogP contribution in [0, 0.1) is 0 Å². The fourth-order valence-electron chi connectivity index (χ4n) is 5.88. The molecule has 1 atom stereocenters. The lowest BCUT2D eigenvalue weighted by Gasteiger charge is -2.18. The van der Waals surface area contributed by atoms with Crippen molar-refractivity contribution < 1.29 is 24.2 Å². The molecule has 0 radical (unpaired) electrons. The van der Waals surface area contributed by atoms with E-state index >= 15 is 0 Å². The van der Waals surface area contributed by atoms with Crippen LogP contribution < -0.4 is 5.32 Å². The molecule has 0 aliphatic carbocycles. The van der Waals surface area contributed by atoms with Gasteiger partial charge in [0, 0.05) is 12.8 Å². The van der Waals surface area contributed by atoms with E-state index in [9.17, 15) is 14.4 Å². The van der Waals surface area contributed by atoms with E-state index in [1.54, 1.807) is 0 Å². The number of ether oxygens (including phenoxy) is 1. The lowest BCUT2D eigenvalue weighted by molar-refractivity contribution is -0.150.